The zero-order valence-electron chi connectivity index (χ0n) is 11.9. The van der Waals surface area contributed by atoms with Gasteiger partial charge in [0.15, 0.2) is 0 Å². The molecule has 0 radical (unpaired) electrons. The van der Waals surface area contributed by atoms with E-state index in [-0.39, 0.29) is 11.7 Å². The summed E-state index contributed by atoms with van der Waals surface area (Å²) in [5.74, 6) is 0.950. The van der Waals surface area contributed by atoms with Crippen LogP contribution in [0.3, 0.4) is 0 Å². The van der Waals surface area contributed by atoms with E-state index in [0.717, 1.165) is 17.7 Å². The maximum atomic E-state index is 12.7. The number of carbonyl (C=O) groups is 1. The maximum absolute atomic E-state index is 12.7. The summed E-state index contributed by atoms with van der Waals surface area (Å²) in [6.07, 6.45) is 0.842. The largest absolute Gasteiger partial charge is 0.508 e. The molecule has 1 heterocycles. The van der Waals surface area contributed by atoms with Crippen LogP contribution in [0, 0.1) is 0 Å². The zero-order valence-corrected chi connectivity index (χ0v) is 11.9. The number of phenolic OH excluding ortho intramolecular Hbond substituents is 1. The number of phenols is 1. The molecule has 21 heavy (non-hydrogen) atoms. The summed E-state index contributed by atoms with van der Waals surface area (Å²) in [4.78, 5) is 14.3. The summed E-state index contributed by atoms with van der Waals surface area (Å²) < 4.78 is 5.46. The summed E-state index contributed by atoms with van der Waals surface area (Å²) in [6, 6.07) is 12.3. The van der Waals surface area contributed by atoms with Crippen molar-refractivity contribution in [1.29, 1.82) is 0 Å². The fourth-order valence-electron chi connectivity index (χ4n) is 2.58. The van der Waals surface area contributed by atoms with Gasteiger partial charge in [-0.2, -0.15) is 0 Å². The number of hydrogen-bond donors (Lipinski definition) is 1. The van der Waals surface area contributed by atoms with Crippen LogP contribution in [-0.2, 0) is 6.42 Å². The molecular formula is C17H17NO3. The number of rotatable bonds is 3. The number of nitrogens with zero attached hydrogens (tertiary/aromatic N) is 1. The maximum Gasteiger partial charge on any atom is 0.258 e. The van der Waals surface area contributed by atoms with Crippen molar-refractivity contribution in [2.45, 2.75) is 13.3 Å². The number of aromatic hydroxyl groups is 1. The zero-order chi connectivity index (χ0) is 14.8. The van der Waals surface area contributed by atoms with Gasteiger partial charge in [0, 0.05) is 30.3 Å². The van der Waals surface area contributed by atoms with Crippen molar-refractivity contribution >= 4 is 11.6 Å². The Kier molecular flexibility index (Phi) is 3.52. The van der Waals surface area contributed by atoms with Crippen LogP contribution in [0.15, 0.2) is 42.5 Å². The number of amides is 1. The highest BCUT2D eigenvalue weighted by Crippen LogP contribution is 2.27. The molecule has 108 valence electrons. The molecule has 2 aromatic carbocycles. The molecule has 1 aliphatic rings. The van der Waals surface area contributed by atoms with Crippen molar-refractivity contribution in [3.05, 3.63) is 53.6 Å². The van der Waals surface area contributed by atoms with Crippen LogP contribution in [0.5, 0.6) is 11.5 Å². The van der Waals surface area contributed by atoms with Gasteiger partial charge in [-0.1, -0.05) is 6.07 Å². The molecule has 0 spiro atoms. The van der Waals surface area contributed by atoms with Crippen LogP contribution in [0.4, 0.5) is 5.69 Å². The molecule has 3 rings (SSSR count). The van der Waals surface area contributed by atoms with Gasteiger partial charge >= 0.3 is 0 Å². The summed E-state index contributed by atoms with van der Waals surface area (Å²) in [5.41, 5.74) is 2.41. The third-order valence-electron chi connectivity index (χ3n) is 3.64. The molecule has 1 aliphatic heterocycles. The van der Waals surface area contributed by atoms with Gasteiger partial charge in [0.05, 0.1) is 6.61 Å². The van der Waals surface area contributed by atoms with E-state index in [1.807, 2.05) is 25.1 Å². The minimum atomic E-state index is -0.0715. The molecule has 0 aromatic heterocycles. The highest BCUT2D eigenvalue weighted by Gasteiger charge is 2.19. The van der Waals surface area contributed by atoms with Gasteiger partial charge in [0.25, 0.3) is 5.91 Å². The third kappa shape index (κ3) is 2.57. The number of fused-ring (bicyclic) bond motifs is 1. The molecule has 4 nitrogen and oxygen atoms in total. The molecule has 2 aromatic rings. The van der Waals surface area contributed by atoms with Gasteiger partial charge in [0.2, 0.25) is 0 Å². The first-order chi connectivity index (χ1) is 10.2. The van der Waals surface area contributed by atoms with E-state index in [2.05, 4.69) is 0 Å². The molecule has 1 N–H and O–H groups in total. The first-order valence-electron chi connectivity index (χ1n) is 7.05. The van der Waals surface area contributed by atoms with Crippen LogP contribution in [0.25, 0.3) is 0 Å². The van der Waals surface area contributed by atoms with E-state index in [4.69, 9.17) is 4.74 Å². The standard InChI is InChI=1S/C17H17NO3/c1-2-18(14-4-3-5-15(19)11-14)17(20)13-6-7-16-12(10-13)8-9-21-16/h3-7,10-11,19H,2,8-9H2,1H3. The minimum Gasteiger partial charge on any atom is -0.508 e. The number of benzene rings is 2. The molecule has 0 fully saturated rings. The molecule has 0 atom stereocenters. The SMILES string of the molecule is CCN(C(=O)c1ccc2c(c1)CCO2)c1cccc(O)c1. The Morgan fingerprint density at radius 3 is 2.90 bits per heavy atom. The summed E-state index contributed by atoms with van der Waals surface area (Å²) in [7, 11) is 0. The van der Waals surface area contributed by atoms with Crippen LogP contribution < -0.4 is 9.64 Å². The van der Waals surface area contributed by atoms with Gasteiger partial charge in [0.1, 0.15) is 11.5 Å². The third-order valence-corrected chi connectivity index (χ3v) is 3.64. The first kappa shape index (κ1) is 13.5. The molecule has 0 saturated heterocycles. The Bertz CT molecular complexity index is 681. The van der Waals surface area contributed by atoms with E-state index in [9.17, 15) is 9.90 Å². The van der Waals surface area contributed by atoms with Crippen molar-refractivity contribution < 1.29 is 14.6 Å². The van der Waals surface area contributed by atoms with Crippen molar-refractivity contribution in [3.8, 4) is 11.5 Å². The lowest BCUT2D eigenvalue weighted by atomic mass is 10.1. The Labute approximate surface area is 123 Å². The lowest BCUT2D eigenvalue weighted by Crippen LogP contribution is -2.30. The predicted octanol–water partition coefficient (Wildman–Crippen LogP) is 2.99. The second kappa shape index (κ2) is 5.48. The smallest absolute Gasteiger partial charge is 0.258 e. The average Bonchev–Trinajstić information content (AvgIpc) is 2.95. The first-order valence-corrected chi connectivity index (χ1v) is 7.05. The molecule has 0 saturated carbocycles. The summed E-state index contributed by atoms with van der Waals surface area (Å²) in [6.45, 7) is 3.13. The second-order valence-corrected chi connectivity index (χ2v) is 4.99. The molecule has 4 heteroatoms. The van der Waals surface area contributed by atoms with Crippen LogP contribution in [0.1, 0.15) is 22.8 Å². The Morgan fingerprint density at radius 1 is 1.29 bits per heavy atom. The van der Waals surface area contributed by atoms with Gasteiger partial charge in [-0.25, -0.2) is 0 Å². The molecule has 0 bridgehead atoms. The summed E-state index contributed by atoms with van der Waals surface area (Å²) >= 11 is 0. The molecular weight excluding hydrogens is 266 g/mol. The fourth-order valence-corrected chi connectivity index (χ4v) is 2.58. The van der Waals surface area contributed by atoms with Crippen molar-refractivity contribution in [2.75, 3.05) is 18.1 Å². The molecule has 0 unspecified atom stereocenters. The highest BCUT2D eigenvalue weighted by molar-refractivity contribution is 6.06. The summed E-state index contributed by atoms with van der Waals surface area (Å²) in [5, 5.41) is 9.58. The van der Waals surface area contributed by atoms with E-state index >= 15 is 0 Å². The van der Waals surface area contributed by atoms with E-state index < -0.39 is 0 Å². The van der Waals surface area contributed by atoms with Gasteiger partial charge in [-0.3, -0.25) is 4.79 Å². The van der Waals surface area contributed by atoms with Gasteiger partial charge in [-0.15, -0.1) is 0 Å². The van der Waals surface area contributed by atoms with Crippen LogP contribution in [0.2, 0.25) is 0 Å². The number of ether oxygens (including phenoxy) is 1. The number of hydrogen-bond acceptors (Lipinski definition) is 3. The van der Waals surface area contributed by atoms with Crippen molar-refractivity contribution in [3.63, 3.8) is 0 Å². The second-order valence-electron chi connectivity index (χ2n) is 4.99. The lowest BCUT2D eigenvalue weighted by Gasteiger charge is -2.21. The average molecular weight is 283 g/mol. The fraction of sp³-hybridized carbons (Fsp3) is 0.235. The quantitative estimate of drug-likeness (QED) is 0.942. The highest BCUT2D eigenvalue weighted by atomic mass is 16.5. The monoisotopic (exact) mass is 283 g/mol. The Balaban J connectivity index is 1.92. The number of anilines is 1. The molecule has 1 amide bonds. The van der Waals surface area contributed by atoms with Crippen molar-refractivity contribution in [1.82, 2.24) is 0 Å². The number of carbonyl (C=O) groups excluding carboxylic acids is 1. The normalized spacial score (nSPS) is 12.6. The minimum absolute atomic E-state index is 0.0715. The van der Waals surface area contributed by atoms with E-state index in [1.165, 1.54) is 0 Å². The Hall–Kier alpha value is -2.49. The van der Waals surface area contributed by atoms with Gasteiger partial charge in [-0.05, 0) is 42.8 Å². The van der Waals surface area contributed by atoms with E-state index in [1.54, 1.807) is 29.2 Å². The van der Waals surface area contributed by atoms with Gasteiger partial charge < -0.3 is 14.7 Å². The lowest BCUT2D eigenvalue weighted by molar-refractivity contribution is 0.0988. The van der Waals surface area contributed by atoms with Crippen LogP contribution in [-0.4, -0.2) is 24.2 Å². The van der Waals surface area contributed by atoms with Crippen LogP contribution >= 0.6 is 0 Å². The van der Waals surface area contributed by atoms with E-state index in [0.29, 0.717) is 24.4 Å². The predicted molar refractivity (Wildman–Crippen MR) is 81.1 cm³/mol. The Morgan fingerprint density at radius 2 is 2.14 bits per heavy atom. The topological polar surface area (TPSA) is 49.8 Å². The van der Waals surface area contributed by atoms with Crippen molar-refractivity contribution in [2.24, 2.45) is 0 Å². The molecule has 0 aliphatic carbocycles.